The average Bonchev–Trinajstić information content (AvgIpc) is 2.93. The summed E-state index contributed by atoms with van der Waals surface area (Å²) in [7, 11) is 0. The van der Waals surface area contributed by atoms with Crippen molar-refractivity contribution >= 4 is 0 Å². The van der Waals surface area contributed by atoms with Gasteiger partial charge in [-0.25, -0.2) is 0 Å². The van der Waals surface area contributed by atoms with E-state index in [9.17, 15) is 0 Å². The predicted octanol–water partition coefficient (Wildman–Crippen LogP) is 3.47. The molecule has 0 saturated heterocycles. The summed E-state index contributed by atoms with van der Waals surface area (Å²) in [4.78, 5) is 0. The molecule has 0 aliphatic heterocycles. The minimum Gasteiger partial charge on any atom is -0.382 e. The summed E-state index contributed by atoms with van der Waals surface area (Å²) in [5.41, 5.74) is 0.611. The van der Waals surface area contributed by atoms with Crippen molar-refractivity contribution in [1.82, 2.24) is 5.32 Å². The highest BCUT2D eigenvalue weighted by molar-refractivity contribution is 5.04. The van der Waals surface area contributed by atoms with Crippen molar-refractivity contribution in [1.29, 1.82) is 0 Å². The van der Waals surface area contributed by atoms with Crippen LogP contribution in [-0.4, -0.2) is 26.3 Å². The van der Waals surface area contributed by atoms with Crippen molar-refractivity contribution in [2.75, 3.05) is 26.3 Å². The minimum atomic E-state index is 0.611. The number of fused-ring (bicyclic) bond motifs is 1. The fourth-order valence-corrected chi connectivity index (χ4v) is 3.76. The highest BCUT2D eigenvalue weighted by Crippen LogP contribution is 2.61. The van der Waals surface area contributed by atoms with Crippen LogP contribution in [0.15, 0.2) is 0 Å². The van der Waals surface area contributed by atoms with Crippen molar-refractivity contribution in [3.63, 3.8) is 0 Å². The molecule has 0 radical (unpaired) electrons. The highest BCUT2D eigenvalue weighted by Gasteiger charge is 2.52. The van der Waals surface area contributed by atoms with E-state index in [4.69, 9.17) is 4.74 Å². The van der Waals surface area contributed by atoms with Crippen LogP contribution in [0, 0.1) is 23.2 Å². The number of rotatable bonds is 9. The molecule has 0 aromatic heterocycles. The summed E-state index contributed by atoms with van der Waals surface area (Å²) in [6, 6.07) is 0. The van der Waals surface area contributed by atoms with Crippen LogP contribution in [0.4, 0.5) is 0 Å². The topological polar surface area (TPSA) is 21.3 Å². The van der Waals surface area contributed by atoms with E-state index in [2.05, 4.69) is 26.1 Å². The first-order valence-corrected chi connectivity index (χ1v) is 7.94. The summed E-state index contributed by atoms with van der Waals surface area (Å²) in [5.74, 6) is 2.93. The Morgan fingerprint density at radius 2 is 2.00 bits per heavy atom. The van der Waals surface area contributed by atoms with Crippen LogP contribution in [0.2, 0.25) is 0 Å². The van der Waals surface area contributed by atoms with E-state index in [1.54, 1.807) is 0 Å². The minimum absolute atomic E-state index is 0.611. The lowest BCUT2D eigenvalue weighted by Crippen LogP contribution is -2.35. The van der Waals surface area contributed by atoms with Crippen LogP contribution >= 0.6 is 0 Å². The molecule has 2 atom stereocenters. The second-order valence-electron chi connectivity index (χ2n) is 6.99. The molecule has 2 aliphatic carbocycles. The molecular weight excluding hydrogens is 222 g/mol. The zero-order chi connectivity index (χ0) is 13.0. The highest BCUT2D eigenvalue weighted by atomic mass is 16.5. The molecule has 0 aromatic carbocycles. The molecule has 2 unspecified atom stereocenters. The van der Waals surface area contributed by atoms with Crippen LogP contribution in [0.3, 0.4) is 0 Å². The monoisotopic (exact) mass is 253 g/mol. The lowest BCUT2D eigenvalue weighted by molar-refractivity contribution is 0.123. The van der Waals surface area contributed by atoms with Crippen molar-refractivity contribution in [2.45, 2.75) is 52.9 Å². The lowest BCUT2D eigenvalue weighted by Gasteiger charge is -2.32. The fourth-order valence-electron chi connectivity index (χ4n) is 3.76. The van der Waals surface area contributed by atoms with Crippen LogP contribution in [0.25, 0.3) is 0 Å². The molecule has 2 heteroatoms. The molecule has 2 saturated carbocycles. The molecule has 2 rings (SSSR count). The first kappa shape index (κ1) is 14.3. The maximum absolute atomic E-state index is 5.50. The van der Waals surface area contributed by atoms with Crippen LogP contribution in [0.1, 0.15) is 52.9 Å². The number of hydrogen-bond donors (Lipinski definition) is 1. The van der Waals surface area contributed by atoms with Crippen molar-refractivity contribution in [2.24, 2.45) is 23.2 Å². The summed E-state index contributed by atoms with van der Waals surface area (Å²) < 4.78 is 5.50. The van der Waals surface area contributed by atoms with E-state index in [0.717, 1.165) is 31.0 Å². The predicted molar refractivity (Wildman–Crippen MR) is 76.7 cm³/mol. The molecule has 0 aromatic rings. The van der Waals surface area contributed by atoms with Gasteiger partial charge in [0.25, 0.3) is 0 Å². The van der Waals surface area contributed by atoms with Crippen LogP contribution in [-0.2, 0) is 4.74 Å². The largest absolute Gasteiger partial charge is 0.382 e. The Morgan fingerprint density at radius 3 is 2.61 bits per heavy atom. The Kier molecular flexibility index (Phi) is 5.08. The van der Waals surface area contributed by atoms with E-state index in [0.29, 0.717) is 5.41 Å². The van der Waals surface area contributed by atoms with Gasteiger partial charge >= 0.3 is 0 Å². The Bertz CT molecular complexity index is 241. The van der Waals surface area contributed by atoms with Gasteiger partial charge in [-0.1, -0.05) is 13.8 Å². The van der Waals surface area contributed by atoms with Gasteiger partial charge in [0, 0.05) is 19.8 Å². The third-order valence-electron chi connectivity index (χ3n) is 4.71. The van der Waals surface area contributed by atoms with Gasteiger partial charge in [0.05, 0.1) is 0 Å². The second kappa shape index (κ2) is 6.38. The Balaban J connectivity index is 1.73. The van der Waals surface area contributed by atoms with Gasteiger partial charge in [0.2, 0.25) is 0 Å². The smallest absolute Gasteiger partial charge is 0.0466 e. The first-order chi connectivity index (χ1) is 8.65. The normalized spacial score (nSPS) is 34.0. The molecule has 106 valence electrons. The summed E-state index contributed by atoms with van der Waals surface area (Å²) in [6.45, 7) is 10.9. The van der Waals surface area contributed by atoms with Gasteiger partial charge in [-0.05, 0) is 68.7 Å². The van der Waals surface area contributed by atoms with Crippen LogP contribution in [0.5, 0.6) is 0 Å². The third-order valence-corrected chi connectivity index (χ3v) is 4.71. The molecule has 2 nitrogen and oxygen atoms in total. The fraction of sp³-hybridized carbons (Fsp3) is 1.00. The van der Waals surface area contributed by atoms with E-state index in [1.807, 2.05) is 0 Å². The zero-order valence-corrected chi connectivity index (χ0v) is 12.5. The average molecular weight is 253 g/mol. The Hall–Kier alpha value is -0.0800. The molecular formula is C16H31NO. The number of nitrogens with one attached hydrogen (secondary N) is 1. The first-order valence-electron chi connectivity index (χ1n) is 7.94. The number of ether oxygens (including phenoxy) is 1. The summed E-state index contributed by atoms with van der Waals surface area (Å²) in [6.07, 6.45) is 7.10. The van der Waals surface area contributed by atoms with E-state index < -0.39 is 0 Å². The lowest BCUT2D eigenvalue weighted by atomic mass is 9.78. The molecule has 0 spiro atoms. The van der Waals surface area contributed by atoms with Crippen molar-refractivity contribution in [3.8, 4) is 0 Å². The van der Waals surface area contributed by atoms with Crippen molar-refractivity contribution < 1.29 is 4.74 Å². The van der Waals surface area contributed by atoms with Gasteiger partial charge < -0.3 is 10.1 Å². The maximum Gasteiger partial charge on any atom is 0.0466 e. The molecule has 0 bridgehead atoms. The molecule has 1 N–H and O–H groups in total. The van der Waals surface area contributed by atoms with Crippen molar-refractivity contribution in [3.05, 3.63) is 0 Å². The standard InChI is InChI=1S/C16H31NO/c1-4-18-7-5-6-16(12-17-11-13(2)3)9-14-8-15(14)10-16/h13-15,17H,4-12H2,1-3H3. The van der Waals surface area contributed by atoms with Gasteiger partial charge in [-0.3, -0.25) is 0 Å². The maximum atomic E-state index is 5.50. The van der Waals surface area contributed by atoms with E-state index >= 15 is 0 Å². The SMILES string of the molecule is CCOCCCC1(CNCC(C)C)CC2CC2C1. The Morgan fingerprint density at radius 1 is 1.28 bits per heavy atom. The van der Waals surface area contributed by atoms with Gasteiger partial charge in [-0.15, -0.1) is 0 Å². The second-order valence-corrected chi connectivity index (χ2v) is 6.99. The summed E-state index contributed by atoms with van der Waals surface area (Å²) >= 11 is 0. The molecule has 2 fully saturated rings. The molecule has 2 aliphatic rings. The van der Waals surface area contributed by atoms with E-state index in [1.165, 1.54) is 45.2 Å². The van der Waals surface area contributed by atoms with E-state index in [-0.39, 0.29) is 0 Å². The van der Waals surface area contributed by atoms with Gasteiger partial charge in [-0.2, -0.15) is 0 Å². The number of hydrogen-bond acceptors (Lipinski definition) is 2. The summed E-state index contributed by atoms with van der Waals surface area (Å²) in [5, 5.41) is 3.71. The van der Waals surface area contributed by atoms with Gasteiger partial charge in [0.1, 0.15) is 0 Å². The Labute approximate surface area is 113 Å². The molecule has 0 amide bonds. The molecule has 0 heterocycles. The molecule has 18 heavy (non-hydrogen) atoms. The zero-order valence-electron chi connectivity index (χ0n) is 12.5. The van der Waals surface area contributed by atoms with Crippen LogP contribution < -0.4 is 5.32 Å². The quantitative estimate of drug-likeness (QED) is 0.635. The van der Waals surface area contributed by atoms with Gasteiger partial charge in [0.15, 0.2) is 0 Å². The third kappa shape index (κ3) is 3.96.